The van der Waals surface area contributed by atoms with E-state index in [0.717, 1.165) is 6.07 Å². The molecule has 2 aromatic heterocycles. The van der Waals surface area contributed by atoms with E-state index in [-0.39, 0.29) is 33.0 Å². The monoisotopic (exact) mass is 386 g/mol. The lowest BCUT2D eigenvalue weighted by molar-refractivity contribution is 0.262. The molecule has 8 nitrogen and oxygen atoms in total. The zero-order valence-corrected chi connectivity index (χ0v) is 14.9. The van der Waals surface area contributed by atoms with Crippen LogP contribution in [0, 0.1) is 11.2 Å². The molecule has 0 radical (unpaired) electrons. The number of ether oxygens (including phenoxy) is 1. The molecule has 2 heterocycles. The molecule has 0 unspecified atom stereocenters. The molecule has 28 heavy (non-hydrogen) atoms. The summed E-state index contributed by atoms with van der Waals surface area (Å²) < 4.78 is 20.0. The van der Waals surface area contributed by atoms with Gasteiger partial charge in [0, 0.05) is 34.1 Å². The summed E-state index contributed by atoms with van der Waals surface area (Å²) in [6.07, 6.45) is 2.95. The number of nitrogens with zero attached hydrogens (tertiary/aromatic N) is 2. The number of nitrogens with one attached hydrogen (secondary N) is 3. The molecule has 2 amide bonds. The van der Waals surface area contributed by atoms with Crippen LogP contribution in [0.25, 0.3) is 0 Å². The average Bonchev–Trinajstić information content (AvgIpc) is 2.64. The number of aromatic nitrogens is 2. The molecular weight excluding hydrogens is 363 g/mol. The third-order valence-corrected chi connectivity index (χ3v) is 3.63. The van der Waals surface area contributed by atoms with Crippen molar-refractivity contribution >= 4 is 29.1 Å². The van der Waals surface area contributed by atoms with Crippen LogP contribution in [-0.2, 0) is 0 Å². The van der Waals surface area contributed by atoms with Gasteiger partial charge in [0.2, 0.25) is 0 Å². The maximum Gasteiger partial charge on any atom is 0.324 e. The van der Waals surface area contributed by atoms with E-state index in [4.69, 9.17) is 15.9 Å². The van der Waals surface area contributed by atoms with Gasteiger partial charge in [-0.2, -0.15) is 0 Å². The van der Waals surface area contributed by atoms with Gasteiger partial charge in [-0.15, -0.1) is 0 Å². The fourth-order valence-electron chi connectivity index (χ4n) is 2.42. The molecule has 0 saturated heterocycles. The molecule has 0 aliphatic rings. The highest BCUT2D eigenvalue weighted by Gasteiger charge is 2.14. The molecule has 0 fully saturated rings. The number of halogens is 1. The lowest BCUT2D eigenvalue weighted by Crippen LogP contribution is -2.20. The van der Waals surface area contributed by atoms with Crippen LogP contribution in [0.15, 0.2) is 54.9 Å². The second kappa shape index (κ2) is 8.12. The Morgan fingerprint density at radius 2 is 1.96 bits per heavy atom. The molecule has 0 aliphatic carbocycles. The van der Waals surface area contributed by atoms with Crippen LogP contribution in [0.1, 0.15) is 16.8 Å². The summed E-state index contributed by atoms with van der Waals surface area (Å²) in [6, 6.07) is 9.98. The van der Waals surface area contributed by atoms with Gasteiger partial charge in [0.1, 0.15) is 17.4 Å². The van der Waals surface area contributed by atoms with Crippen molar-refractivity contribution in [3.05, 3.63) is 66.2 Å². The number of benzene rings is 1. The number of pyridine rings is 2. The van der Waals surface area contributed by atoms with E-state index >= 15 is 0 Å². The zero-order chi connectivity index (χ0) is 20.1. The van der Waals surface area contributed by atoms with Crippen LogP contribution in [0.3, 0.4) is 0 Å². The van der Waals surface area contributed by atoms with Gasteiger partial charge in [0.05, 0.1) is 5.56 Å². The maximum atomic E-state index is 14.4. The Morgan fingerprint density at radius 1 is 1.14 bits per heavy atom. The van der Waals surface area contributed by atoms with Crippen molar-refractivity contribution in [2.75, 3.05) is 16.4 Å². The van der Waals surface area contributed by atoms with Crippen LogP contribution in [0.4, 0.5) is 26.5 Å². The third-order valence-electron chi connectivity index (χ3n) is 3.63. The summed E-state index contributed by atoms with van der Waals surface area (Å²) in [5.74, 6) is -0.0731. The molecule has 1 aromatic carbocycles. The molecule has 0 bridgehead atoms. The highest BCUT2D eigenvalue weighted by Crippen LogP contribution is 2.31. The fourth-order valence-corrected chi connectivity index (χ4v) is 2.42. The minimum absolute atomic E-state index is 0. The number of hydrogen-bond acceptors (Lipinski definition) is 6. The highest BCUT2D eigenvalue weighted by molar-refractivity contribution is 6.02. The van der Waals surface area contributed by atoms with Crippen molar-refractivity contribution in [2.24, 2.45) is 0 Å². The van der Waals surface area contributed by atoms with Gasteiger partial charge in [-0.25, -0.2) is 19.2 Å². The molecule has 0 spiro atoms. The smallest absolute Gasteiger partial charge is 0.324 e. The molecule has 9 heteroatoms. The Bertz CT molecular complexity index is 1040. The van der Waals surface area contributed by atoms with Gasteiger partial charge < -0.3 is 21.2 Å². The van der Waals surface area contributed by atoms with Crippen molar-refractivity contribution in [3.63, 3.8) is 0 Å². The Balaban J connectivity index is 0.00000300. The summed E-state index contributed by atoms with van der Waals surface area (Å²) in [4.78, 5) is 19.8. The number of carbonyl (C=O) groups is 1. The predicted molar refractivity (Wildman–Crippen MR) is 111 cm³/mol. The van der Waals surface area contributed by atoms with Crippen LogP contribution in [0.2, 0.25) is 0 Å². The fraction of sp³-hybridized carbons (Fsp3) is 0.0526. The number of rotatable bonds is 5. The van der Waals surface area contributed by atoms with Crippen molar-refractivity contribution in [1.29, 1.82) is 5.41 Å². The lowest BCUT2D eigenvalue weighted by atomic mass is 10.1. The summed E-state index contributed by atoms with van der Waals surface area (Å²) >= 11 is 0. The summed E-state index contributed by atoms with van der Waals surface area (Å²) in [5.41, 5.74) is 6.44. The maximum absolute atomic E-state index is 14.4. The van der Waals surface area contributed by atoms with Gasteiger partial charge >= 0.3 is 6.03 Å². The van der Waals surface area contributed by atoms with Crippen molar-refractivity contribution in [2.45, 2.75) is 6.92 Å². The molecule has 3 aromatic rings. The molecule has 0 atom stereocenters. The number of hydrogen-bond donors (Lipinski definition) is 4. The summed E-state index contributed by atoms with van der Waals surface area (Å²) in [6.45, 7) is 1.53. The van der Waals surface area contributed by atoms with Crippen molar-refractivity contribution in [3.8, 4) is 11.5 Å². The summed E-state index contributed by atoms with van der Waals surface area (Å²) in [5, 5.41) is 12.8. The lowest BCUT2D eigenvalue weighted by Gasteiger charge is -2.13. The minimum Gasteiger partial charge on any atom is -0.453 e. The van der Waals surface area contributed by atoms with E-state index in [0.29, 0.717) is 11.4 Å². The van der Waals surface area contributed by atoms with Crippen LogP contribution in [0.5, 0.6) is 11.5 Å². The Kier molecular flexibility index (Phi) is 5.45. The first kappa shape index (κ1) is 18.8. The van der Waals surface area contributed by atoms with Crippen molar-refractivity contribution < 1.29 is 18.2 Å². The average molecular weight is 386 g/mol. The molecule has 3 rings (SSSR count). The number of carbonyl (C=O) groups excluding carboxylic acids is 1. The summed E-state index contributed by atoms with van der Waals surface area (Å²) in [7, 11) is 0. The largest absolute Gasteiger partial charge is 0.453 e. The van der Waals surface area contributed by atoms with E-state index in [1.54, 1.807) is 18.2 Å². The molecular formula is C19H23FN6O2. The zero-order valence-electron chi connectivity index (χ0n) is 14.9. The Hall–Kier alpha value is -4.01. The first-order valence-electron chi connectivity index (χ1n) is 8.20. The van der Waals surface area contributed by atoms with Crippen LogP contribution >= 0.6 is 0 Å². The van der Waals surface area contributed by atoms with Crippen molar-refractivity contribution in [1.82, 2.24) is 9.97 Å². The first-order chi connectivity index (χ1) is 13.4. The quantitative estimate of drug-likeness (QED) is 0.470. The van der Waals surface area contributed by atoms with Crippen LogP contribution < -0.4 is 21.1 Å². The predicted octanol–water partition coefficient (Wildman–Crippen LogP) is 4.76. The Labute approximate surface area is 164 Å². The first-order valence-corrected chi connectivity index (χ1v) is 8.20. The van der Waals surface area contributed by atoms with Gasteiger partial charge in [0.25, 0.3) is 0 Å². The van der Waals surface area contributed by atoms with E-state index < -0.39 is 11.8 Å². The number of nitrogen functional groups attached to an aromatic ring is 1. The number of anilines is 3. The third kappa shape index (κ3) is 4.39. The minimum atomic E-state index is -0.695. The van der Waals surface area contributed by atoms with E-state index in [1.165, 1.54) is 37.5 Å². The number of urea groups is 1. The molecule has 5 N–H and O–H groups in total. The van der Waals surface area contributed by atoms with Gasteiger partial charge in [-0.3, -0.25) is 5.32 Å². The molecule has 0 aliphatic heterocycles. The Morgan fingerprint density at radius 3 is 2.64 bits per heavy atom. The normalized spacial score (nSPS) is 10.2. The molecule has 148 valence electrons. The number of nitrogens with two attached hydrogens (primary N) is 1. The van der Waals surface area contributed by atoms with E-state index in [9.17, 15) is 9.18 Å². The van der Waals surface area contributed by atoms with Crippen LogP contribution in [-0.4, -0.2) is 21.7 Å². The van der Waals surface area contributed by atoms with E-state index in [1.807, 2.05) is 0 Å². The second-order valence-corrected chi connectivity index (χ2v) is 5.74. The standard InChI is InChI=1S/C19H17FN6O2.3H2/c1-11(21)17-15(7-9-24-18(17)22)28-14-6-5-12(10-13(14)20)25-19(27)26-16-4-2-3-8-23-16;;;/h2-10,21H,1H3,(H2,22,24)(H2,23,25,26,27);3*1H. The van der Waals surface area contributed by atoms with Gasteiger partial charge in [-0.1, -0.05) is 6.07 Å². The van der Waals surface area contributed by atoms with Gasteiger partial charge in [0.15, 0.2) is 11.6 Å². The second-order valence-electron chi connectivity index (χ2n) is 5.74. The van der Waals surface area contributed by atoms with E-state index in [2.05, 4.69) is 20.6 Å². The SMILES string of the molecule is CC(=N)c1c(Oc2ccc(NC(=O)Nc3ccccn3)cc2F)ccnc1N.[HH].[HH].[HH]. The topological polar surface area (TPSA) is 126 Å². The molecule has 0 saturated carbocycles. The number of amides is 2. The van der Waals surface area contributed by atoms with Gasteiger partial charge in [-0.05, 0) is 37.3 Å². The highest BCUT2D eigenvalue weighted by atomic mass is 19.1.